The van der Waals surface area contributed by atoms with E-state index in [9.17, 15) is 0 Å². The molecule has 1 aliphatic heterocycles. The van der Waals surface area contributed by atoms with Crippen molar-refractivity contribution < 1.29 is 0 Å². The van der Waals surface area contributed by atoms with Crippen LogP contribution in [-0.4, -0.2) is 23.0 Å². The van der Waals surface area contributed by atoms with Gasteiger partial charge in [0.25, 0.3) is 0 Å². The van der Waals surface area contributed by atoms with Crippen LogP contribution in [0.2, 0.25) is 5.02 Å². The molecule has 0 amide bonds. The minimum absolute atomic E-state index is 0.156. The molecule has 20 heavy (non-hydrogen) atoms. The molecule has 112 valence electrons. The Bertz CT molecular complexity index is 435. The first-order chi connectivity index (χ1) is 9.58. The quantitative estimate of drug-likeness (QED) is 0.873. The average Bonchev–Trinajstić information content (AvgIpc) is 2.80. The van der Waals surface area contributed by atoms with E-state index >= 15 is 0 Å². The Morgan fingerprint density at radius 3 is 2.70 bits per heavy atom. The number of likely N-dealkylation sites (tertiary alicyclic amines) is 1. The molecule has 0 spiro atoms. The second-order valence-electron chi connectivity index (χ2n) is 6.01. The molecule has 1 fully saturated rings. The summed E-state index contributed by atoms with van der Waals surface area (Å²) < 4.78 is 0. The predicted molar refractivity (Wildman–Crippen MR) is 87.1 cm³/mol. The van der Waals surface area contributed by atoms with Crippen LogP contribution in [0.1, 0.15) is 58.1 Å². The normalized spacial score (nSPS) is 26.6. The third-order valence-electron chi connectivity index (χ3n) is 4.71. The fourth-order valence-corrected chi connectivity index (χ4v) is 3.76. The molecule has 2 rings (SSSR count). The van der Waals surface area contributed by atoms with Crippen molar-refractivity contribution >= 4 is 11.6 Å². The minimum Gasteiger partial charge on any atom is -0.326 e. The molecule has 4 unspecified atom stereocenters. The summed E-state index contributed by atoms with van der Waals surface area (Å²) in [6.45, 7) is 6.78. The van der Waals surface area contributed by atoms with E-state index in [1.165, 1.54) is 24.8 Å². The largest absolute Gasteiger partial charge is 0.326 e. The van der Waals surface area contributed by atoms with Crippen molar-refractivity contribution in [3.05, 3.63) is 34.9 Å². The van der Waals surface area contributed by atoms with Crippen LogP contribution in [0, 0.1) is 0 Å². The van der Waals surface area contributed by atoms with Gasteiger partial charge >= 0.3 is 0 Å². The van der Waals surface area contributed by atoms with Gasteiger partial charge in [0.15, 0.2) is 0 Å². The lowest BCUT2D eigenvalue weighted by atomic mass is 9.94. The number of nitrogens with two attached hydrogens (primary N) is 1. The Morgan fingerprint density at radius 2 is 2.10 bits per heavy atom. The van der Waals surface area contributed by atoms with Crippen LogP contribution >= 0.6 is 11.6 Å². The molecular formula is C17H27ClN2. The van der Waals surface area contributed by atoms with Crippen LogP contribution < -0.4 is 5.73 Å². The van der Waals surface area contributed by atoms with Crippen molar-refractivity contribution in [3.63, 3.8) is 0 Å². The Kier molecular flexibility index (Phi) is 5.48. The van der Waals surface area contributed by atoms with Gasteiger partial charge in [-0.1, -0.05) is 37.6 Å². The topological polar surface area (TPSA) is 29.3 Å². The fourth-order valence-electron chi connectivity index (χ4n) is 3.56. The van der Waals surface area contributed by atoms with Gasteiger partial charge < -0.3 is 5.73 Å². The summed E-state index contributed by atoms with van der Waals surface area (Å²) in [5.41, 5.74) is 7.74. The Labute approximate surface area is 128 Å². The fraction of sp³-hybridized carbons (Fsp3) is 0.647. The highest BCUT2D eigenvalue weighted by Gasteiger charge is 2.37. The van der Waals surface area contributed by atoms with Crippen LogP contribution in [0.25, 0.3) is 0 Å². The second kappa shape index (κ2) is 6.93. The second-order valence-corrected chi connectivity index (χ2v) is 6.44. The number of benzene rings is 1. The van der Waals surface area contributed by atoms with E-state index in [4.69, 9.17) is 17.3 Å². The summed E-state index contributed by atoms with van der Waals surface area (Å²) in [4.78, 5) is 2.64. The predicted octanol–water partition coefficient (Wildman–Crippen LogP) is 4.38. The molecule has 2 nitrogen and oxygen atoms in total. The van der Waals surface area contributed by atoms with Crippen molar-refractivity contribution in [3.8, 4) is 0 Å². The maximum absolute atomic E-state index is 6.47. The van der Waals surface area contributed by atoms with Gasteiger partial charge in [-0.3, -0.25) is 4.90 Å². The summed E-state index contributed by atoms with van der Waals surface area (Å²) in [6.07, 6.45) is 4.73. The molecule has 3 heteroatoms. The van der Waals surface area contributed by atoms with Gasteiger partial charge in [0, 0.05) is 23.1 Å². The first-order valence-electron chi connectivity index (χ1n) is 7.86. The van der Waals surface area contributed by atoms with Gasteiger partial charge in [0.1, 0.15) is 0 Å². The van der Waals surface area contributed by atoms with E-state index in [1.807, 2.05) is 12.1 Å². The van der Waals surface area contributed by atoms with E-state index in [2.05, 4.69) is 37.8 Å². The molecule has 1 aromatic rings. The number of hydrogen-bond acceptors (Lipinski definition) is 2. The van der Waals surface area contributed by atoms with Crippen molar-refractivity contribution in [2.24, 2.45) is 5.73 Å². The lowest BCUT2D eigenvalue weighted by Gasteiger charge is -2.39. The molecule has 0 radical (unpaired) electrons. The standard InChI is InChI=1S/C17H27ClN2/c1-4-15-10-9-12(3)20(15)17(16(19)5-2)13-7-6-8-14(18)11-13/h6-8,11-12,15-17H,4-5,9-10,19H2,1-3H3. The van der Waals surface area contributed by atoms with E-state index in [-0.39, 0.29) is 12.1 Å². The summed E-state index contributed by atoms with van der Waals surface area (Å²) >= 11 is 6.19. The van der Waals surface area contributed by atoms with Crippen LogP contribution in [0.5, 0.6) is 0 Å². The SMILES string of the molecule is CCC(N)C(c1cccc(Cl)c1)N1C(C)CCC1CC. The van der Waals surface area contributed by atoms with Gasteiger partial charge in [-0.05, 0) is 50.3 Å². The molecule has 2 N–H and O–H groups in total. The van der Waals surface area contributed by atoms with Crippen LogP contribution in [0.15, 0.2) is 24.3 Å². The minimum atomic E-state index is 0.156. The maximum atomic E-state index is 6.47. The lowest BCUT2D eigenvalue weighted by molar-refractivity contribution is 0.112. The number of nitrogens with zero attached hydrogens (tertiary/aromatic N) is 1. The summed E-state index contributed by atoms with van der Waals surface area (Å²) in [7, 11) is 0. The first kappa shape index (κ1) is 15.8. The van der Waals surface area contributed by atoms with Crippen LogP contribution in [0.3, 0.4) is 0 Å². The van der Waals surface area contributed by atoms with Crippen LogP contribution in [-0.2, 0) is 0 Å². The molecular weight excluding hydrogens is 268 g/mol. The highest BCUT2D eigenvalue weighted by Crippen LogP contribution is 2.37. The Hall–Kier alpha value is -0.570. The zero-order valence-electron chi connectivity index (χ0n) is 12.8. The maximum Gasteiger partial charge on any atom is 0.0505 e. The monoisotopic (exact) mass is 294 g/mol. The van der Waals surface area contributed by atoms with Crippen molar-refractivity contribution in [2.75, 3.05) is 0 Å². The molecule has 0 aliphatic carbocycles. The zero-order chi connectivity index (χ0) is 14.7. The highest BCUT2D eigenvalue weighted by molar-refractivity contribution is 6.30. The van der Waals surface area contributed by atoms with Crippen molar-refractivity contribution in [1.82, 2.24) is 4.90 Å². The van der Waals surface area contributed by atoms with E-state index in [0.29, 0.717) is 12.1 Å². The van der Waals surface area contributed by atoms with Crippen LogP contribution in [0.4, 0.5) is 0 Å². The van der Waals surface area contributed by atoms with Gasteiger partial charge in [-0.25, -0.2) is 0 Å². The summed E-state index contributed by atoms with van der Waals surface area (Å²) in [5, 5.41) is 0.802. The average molecular weight is 295 g/mol. The molecule has 0 saturated carbocycles. The Balaban J connectivity index is 2.37. The number of rotatable bonds is 5. The third kappa shape index (κ3) is 3.19. The number of hydrogen-bond donors (Lipinski definition) is 1. The van der Waals surface area contributed by atoms with Gasteiger partial charge in [0.2, 0.25) is 0 Å². The van der Waals surface area contributed by atoms with E-state index in [1.54, 1.807) is 0 Å². The van der Waals surface area contributed by atoms with E-state index < -0.39 is 0 Å². The smallest absolute Gasteiger partial charge is 0.0505 e. The van der Waals surface area contributed by atoms with Crippen molar-refractivity contribution in [2.45, 2.75) is 70.6 Å². The van der Waals surface area contributed by atoms with Gasteiger partial charge in [-0.2, -0.15) is 0 Å². The summed E-state index contributed by atoms with van der Waals surface area (Å²) in [5.74, 6) is 0. The van der Waals surface area contributed by atoms with E-state index in [0.717, 1.165) is 11.4 Å². The molecule has 1 saturated heterocycles. The molecule has 1 heterocycles. The lowest BCUT2D eigenvalue weighted by Crippen LogP contribution is -2.46. The Morgan fingerprint density at radius 1 is 1.35 bits per heavy atom. The molecule has 0 bridgehead atoms. The highest BCUT2D eigenvalue weighted by atomic mass is 35.5. The number of halogens is 1. The van der Waals surface area contributed by atoms with Crippen molar-refractivity contribution in [1.29, 1.82) is 0 Å². The third-order valence-corrected chi connectivity index (χ3v) is 4.94. The molecule has 4 atom stereocenters. The van der Waals surface area contributed by atoms with Gasteiger partial charge in [-0.15, -0.1) is 0 Å². The molecule has 0 aromatic heterocycles. The molecule has 1 aromatic carbocycles. The summed E-state index contributed by atoms with van der Waals surface area (Å²) in [6, 6.07) is 9.90. The zero-order valence-corrected chi connectivity index (χ0v) is 13.6. The van der Waals surface area contributed by atoms with Gasteiger partial charge in [0.05, 0.1) is 6.04 Å². The first-order valence-corrected chi connectivity index (χ1v) is 8.24. The molecule has 1 aliphatic rings.